The van der Waals surface area contributed by atoms with E-state index in [1.807, 2.05) is 25.1 Å². The van der Waals surface area contributed by atoms with Crippen LogP contribution in [0, 0.1) is 19.3 Å². The molecule has 1 aromatic carbocycles. The molecule has 3 N–H and O–H groups in total. The molecule has 1 rings (SSSR count). The van der Waals surface area contributed by atoms with Crippen LogP contribution in [0.2, 0.25) is 5.02 Å². The van der Waals surface area contributed by atoms with Crippen molar-refractivity contribution in [2.75, 3.05) is 0 Å². The van der Waals surface area contributed by atoms with Gasteiger partial charge in [-0.1, -0.05) is 23.7 Å². The number of hydrogen-bond acceptors (Lipinski definition) is 2. The van der Waals surface area contributed by atoms with Gasteiger partial charge >= 0.3 is 0 Å². The molecule has 1 unspecified atom stereocenters. The highest BCUT2D eigenvalue weighted by Crippen LogP contribution is 2.22. The third-order valence-electron chi connectivity index (χ3n) is 2.12. The van der Waals surface area contributed by atoms with Crippen molar-refractivity contribution in [2.24, 2.45) is 5.84 Å². The fraction of sp³-hybridized carbons (Fsp3) is 0.273. The van der Waals surface area contributed by atoms with Crippen LogP contribution < -0.4 is 11.3 Å². The van der Waals surface area contributed by atoms with Crippen molar-refractivity contribution in [3.63, 3.8) is 0 Å². The highest BCUT2D eigenvalue weighted by Gasteiger charge is 2.08. The second kappa shape index (κ2) is 5.02. The summed E-state index contributed by atoms with van der Waals surface area (Å²) in [6, 6.07) is 5.79. The van der Waals surface area contributed by atoms with E-state index in [0.29, 0.717) is 6.42 Å². The molecular formula is C11H13ClN2. The molecule has 74 valence electrons. The van der Waals surface area contributed by atoms with Gasteiger partial charge in [0.15, 0.2) is 0 Å². The molecule has 2 nitrogen and oxygen atoms in total. The molecule has 1 aromatic rings. The Bertz CT molecular complexity index is 355. The lowest BCUT2D eigenvalue weighted by molar-refractivity contribution is 0.568. The van der Waals surface area contributed by atoms with Crippen LogP contribution in [0.15, 0.2) is 18.2 Å². The van der Waals surface area contributed by atoms with Crippen molar-refractivity contribution >= 4 is 11.6 Å². The summed E-state index contributed by atoms with van der Waals surface area (Å²) in [7, 11) is 0. The average molecular weight is 209 g/mol. The molecule has 0 aliphatic carbocycles. The number of nitrogens with one attached hydrogen (secondary N) is 1. The Labute approximate surface area is 89.4 Å². The fourth-order valence-corrected chi connectivity index (χ4v) is 1.41. The minimum absolute atomic E-state index is 0.0295. The van der Waals surface area contributed by atoms with E-state index in [-0.39, 0.29) is 6.04 Å². The Kier molecular flexibility index (Phi) is 3.97. The SMILES string of the molecule is C#CCC(NN)c1ccc(C)c(Cl)c1. The lowest BCUT2D eigenvalue weighted by Gasteiger charge is -2.14. The van der Waals surface area contributed by atoms with E-state index in [1.165, 1.54) is 0 Å². The van der Waals surface area contributed by atoms with Crippen LogP contribution in [0.3, 0.4) is 0 Å². The Hall–Kier alpha value is -1.01. The zero-order chi connectivity index (χ0) is 10.6. The normalized spacial score (nSPS) is 12.1. The quantitative estimate of drug-likeness (QED) is 0.454. The summed E-state index contributed by atoms with van der Waals surface area (Å²) in [5.41, 5.74) is 4.73. The van der Waals surface area contributed by atoms with Gasteiger partial charge in [-0.3, -0.25) is 11.3 Å². The minimum atomic E-state index is -0.0295. The van der Waals surface area contributed by atoms with E-state index in [9.17, 15) is 0 Å². The van der Waals surface area contributed by atoms with Gasteiger partial charge in [-0.2, -0.15) is 0 Å². The van der Waals surface area contributed by atoms with Crippen molar-refractivity contribution < 1.29 is 0 Å². The number of halogens is 1. The van der Waals surface area contributed by atoms with Crippen LogP contribution in [0.1, 0.15) is 23.6 Å². The molecular weight excluding hydrogens is 196 g/mol. The first kappa shape index (κ1) is 11.1. The molecule has 0 heterocycles. The van der Waals surface area contributed by atoms with E-state index < -0.39 is 0 Å². The van der Waals surface area contributed by atoms with Crippen molar-refractivity contribution in [3.05, 3.63) is 34.3 Å². The van der Waals surface area contributed by atoms with Crippen LogP contribution in [0.5, 0.6) is 0 Å². The number of terminal acetylenes is 1. The summed E-state index contributed by atoms with van der Waals surface area (Å²) in [5, 5.41) is 0.736. The van der Waals surface area contributed by atoms with E-state index >= 15 is 0 Å². The van der Waals surface area contributed by atoms with Crippen LogP contribution in [0.4, 0.5) is 0 Å². The standard InChI is InChI=1S/C11H13ClN2/c1-3-4-11(14-13)9-6-5-8(2)10(12)7-9/h1,5-7,11,14H,4,13H2,2H3. The maximum Gasteiger partial charge on any atom is 0.0569 e. The van der Waals surface area contributed by atoms with Gasteiger partial charge < -0.3 is 0 Å². The Balaban J connectivity index is 2.95. The van der Waals surface area contributed by atoms with E-state index in [1.54, 1.807) is 0 Å². The van der Waals surface area contributed by atoms with Crippen LogP contribution >= 0.6 is 11.6 Å². The predicted molar refractivity (Wildman–Crippen MR) is 59.7 cm³/mol. The third-order valence-corrected chi connectivity index (χ3v) is 2.53. The first-order chi connectivity index (χ1) is 6.69. The predicted octanol–water partition coefficient (Wildman–Crippen LogP) is 2.18. The molecule has 0 aliphatic rings. The van der Waals surface area contributed by atoms with Gasteiger partial charge in [-0.25, -0.2) is 0 Å². The van der Waals surface area contributed by atoms with Gasteiger partial charge in [0.1, 0.15) is 0 Å². The molecule has 0 amide bonds. The number of hydrazine groups is 1. The zero-order valence-electron chi connectivity index (χ0n) is 8.05. The number of hydrogen-bond donors (Lipinski definition) is 2. The average Bonchev–Trinajstić information content (AvgIpc) is 2.19. The highest BCUT2D eigenvalue weighted by molar-refractivity contribution is 6.31. The summed E-state index contributed by atoms with van der Waals surface area (Å²) in [5.74, 6) is 7.96. The largest absolute Gasteiger partial charge is 0.271 e. The molecule has 1 atom stereocenters. The molecule has 0 aliphatic heterocycles. The monoisotopic (exact) mass is 208 g/mol. The van der Waals surface area contributed by atoms with E-state index in [4.69, 9.17) is 23.9 Å². The number of rotatable bonds is 3. The minimum Gasteiger partial charge on any atom is -0.271 e. The topological polar surface area (TPSA) is 38.0 Å². The summed E-state index contributed by atoms with van der Waals surface area (Å²) < 4.78 is 0. The second-order valence-corrected chi connectivity index (χ2v) is 3.54. The van der Waals surface area contributed by atoms with Crippen LogP contribution in [-0.4, -0.2) is 0 Å². The van der Waals surface area contributed by atoms with Crippen molar-refractivity contribution in [1.82, 2.24) is 5.43 Å². The Morgan fingerprint density at radius 3 is 2.86 bits per heavy atom. The van der Waals surface area contributed by atoms with Crippen molar-refractivity contribution in [1.29, 1.82) is 0 Å². The summed E-state index contributed by atoms with van der Waals surface area (Å²) in [4.78, 5) is 0. The Morgan fingerprint density at radius 2 is 2.36 bits per heavy atom. The lowest BCUT2D eigenvalue weighted by atomic mass is 10.0. The second-order valence-electron chi connectivity index (χ2n) is 3.14. The maximum absolute atomic E-state index is 5.99. The molecule has 0 saturated heterocycles. The van der Waals surface area contributed by atoms with Crippen LogP contribution in [0.25, 0.3) is 0 Å². The fourth-order valence-electron chi connectivity index (χ4n) is 1.22. The zero-order valence-corrected chi connectivity index (χ0v) is 8.81. The molecule has 0 spiro atoms. The highest BCUT2D eigenvalue weighted by atomic mass is 35.5. The van der Waals surface area contributed by atoms with Crippen LogP contribution in [-0.2, 0) is 0 Å². The summed E-state index contributed by atoms with van der Waals surface area (Å²) in [6.07, 6.45) is 5.78. The van der Waals surface area contributed by atoms with Gasteiger partial charge in [0.05, 0.1) is 6.04 Å². The van der Waals surface area contributed by atoms with Gasteiger partial charge in [-0.15, -0.1) is 12.3 Å². The van der Waals surface area contributed by atoms with Crippen molar-refractivity contribution in [3.8, 4) is 12.3 Å². The first-order valence-corrected chi connectivity index (χ1v) is 4.72. The molecule has 0 saturated carbocycles. The van der Waals surface area contributed by atoms with Gasteiger partial charge in [0, 0.05) is 11.4 Å². The number of nitrogens with two attached hydrogens (primary N) is 1. The maximum atomic E-state index is 5.99. The number of aryl methyl sites for hydroxylation is 1. The molecule has 14 heavy (non-hydrogen) atoms. The summed E-state index contributed by atoms with van der Waals surface area (Å²) in [6.45, 7) is 1.96. The molecule has 0 fully saturated rings. The van der Waals surface area contributed by atoms with Gasteiger partial charge in [-0.05, 0) is 24.1 Å². The first-order valence-electron chi connectivity index (χ1n) is 4.34. The van der Waals surface area contributed by atoms with Gasteiger partial charge in [0.25, 0.3) is 0 Å². The molecule has 0 radical (unpaired) electrons. The van der Waals surface area contributed by atoms with E-state index in [2.05, 4.69) is 11.3 Å². The lowest BCUT2D eigenvalue weighted by Crippen LogP contribution is -2.27. The molecule has 0 aromatic heterocycles. The number of benzene rings is 1. The smallest absolute Gasteiger partial charge is 0.0569 e. The summed E-state index contributed by atoms with van der Waals surface area (Å²) >= 11 is 5.99. The Morgan fingerprint density at radius 1 is 1.64 bits per heavy atom. The van der Waals surface area contributed by atoms with Gasteiger partial charge in [0.2, 0.25) is 0 Å². The molecule has 3 heteroatoms. The van der Waals surface area contributed by atoms with E-state index in [0.717, 1.165) is 16.1 Å². The third kappa shape index (κ3) is 2.49. The van der Waals surface area contributed by atoms with Crippen molar-refractivity contribution in [2.45, 2.75) is 19.4 Å². The molecule has 0 bridgehead atoms.